The van der Waals surface area contributed by atoms with E-state index in [4.69, 9.17) is 0 Å². The lowest BCUT2D eigenvalue weighted by Gasteiger charge is -2.09. The van der Waals surface area contributed by atoms with Crippen molar-refractivity contribution in [1.82, 2.24) is 0 Å². The minimum Gasteiger partial charge on any atom is -0.392 e. The number of hydrogen-bond acceptors (Lipinski definition) is 2. The van der Waals surface area contributed by atoms with Gasteiger partial charge in [0.05, 0.1) is 6.61 Å². The Bertz CT molecular complexity index is 627. The fraction of sp³-hybridized carbons (Fsp3) is 0.222. The topological polar surface area (TPSA) is 20.2 Å². The summed E-state index contributed by atoms with van der Waals surface area (Å²) in [6.07, 6.45) is 4.58. The van der Waals surface area contributed by atoms with Crippen molar-refractivity contribution in [2.24, 2.45) is 0 Å². The summed E-state index contributed by atoms with van der Waals surface area (Å²) < 4.78 is 1.22. The molecule has 0 radical (unpaired) electrons. The van der Waals surface area contributed by atoms with E-state index in [1.54, 1.807) is 0 Å². The molecular weight excluding hydrogens is 391 g/mol. The summed E-state index contributed by atoms with van der Waals surface area (Å²) in [5, 5.41) is 10.1. The van der Waals surface area contributed by atoms with Crippen LogP contribution in [0.5, 0.6) is 0 Å². The highest BCUT2D eigenvalue weighted by Gasteiger charge is 2.22. The SMILES string of the molecule is OCC=C(c1ccc(I)cc1)c1ccc(SC2CC2)cc1. The Kier molecular flexibility index (Phi) is 5.03. The zero-order chi connectivity index (χ0) is 14.7. The molecule has 0 aromatic heterocycles. The first-order chi connectivity index (χ1) is 10.3. The van der Waals surface area contributed by atoms with Crippen molar-refractivity contribution in [3.05, 3.63) is 69.3 Å². The molecule has 1 fully saturated rings. The number of halogens is 1. The smallest absolute Gasteiger partial charge is 0.0621 e. The van der Waals surface area contributed by atoms with Crippen LogP contribution in [0.3, 0.4) is 0 Å². The average Bonchev–Trinajstić information content (AvgIpc) is 3.31. The van der Waals surface area contributed by atoms with Crippen LogP contribution in [0.4, 0.5) is 0 Å². The summed E-state index contributed by atoms with van der Waals surface area (Å²) in [4.78, 5) is 1.34. The van der Waals surface area contributed by atoms with Crippen molar-refractivity contribution in [3.8, 4) is 0 Å². The molecule has 108 valence electrons. The molecule has 0 heterocycles. The van der Waals surface area contributed by atoms with Gasteiger partial charge >= 0.3 is 0 Å². The van der Waals surface area contributed by atoms with Gasteiger partial charge in [0, 0.05) is 13.7 Å². The molecule has 0 spiro atoms. The Hall–Kier alpha value is -0.780. The van der Waals surface area contributed by atoms with Gasteiger partial charge in [0.2, 0.25) is 0 Å². The van der Waals surface area contributed by atoms with Crippen LogP contribution in [0, 0.1) is 3.57 Å². The van der Waals surface area contributed by atoms with Crippen LogP contribution >= 0.6 is 34.4 Å². The van der Waals surface area contributed by atoms with Gasteiger partial charge in [0.15, 0.2) is 0 Å². The number of aliphatic hydroxyl groups excluding tert-OH is 1. The van der Waals surface area contributed by atoms with Crippen molar-refractivity contribution in [1.29, 1.82) is 0 Å². The first-order valence-electron chi connectivity index (χ1n) is 7.10. The lowest BCUT2D eigenvalue weighted by Crippen LogP contribution is -1.91. The normalized spacial score (nSPS) is 15.2. The monoisotopic (exact) mass is 408 g/mol. The Morgan fingerprint density at radius 2 is 1.62 bits per heavy atom. The largest absolute Gasteiger partial charge is 0.392 e. The second-order valence-corrected chi connectivity index (χ2v) is 7.77. The van der Waals surface area contributed by atoms with E-state index < -0.39 is 0 Å². The van der Waals surface area contributed by atoms with Crippen LogP contribution in [-0.4, -0.2) is 17.0 Å². The highest BCUT2D eigenvalue weighted by Crippen LogP contribution is 2.39. The zero-order valence-corrected chi connectivity index (χ0v) is 14.6. The van der Waals surface area contributed by atoms with Crippen LogP contribution in [-0.2, 0) is 0 Å². The van der Waals surface area contributed by atoms with Gasteiger partial charge < -0.3 is 5.11 Å². The molecule has 0 aliphatic heterocycles. The molecule has 1 aliphatic rings. The quantitative estimate of drug-likeness (QED) is 0.705. The molecule has 0 amide bonds. The number of hydrogen-bond donors (Lipinski definition) is 1. The molecule has 3 heteroatoms. The van der Waals surface area contributed by atoms with Crippen LogP contribution in [0.25, 0.3) is 5.57 Å². The predicted molar refractivity (Wildman–Crippen MR) is 98.6 cm³/mol. The van der Waals surface area contributed by atoms with Gasteiger partial charge in [-0.25, -0.2) is 0 Å². The first-order valence-corrected chi connectivity index (χ1v) is 9.06. The first kappa shape index (κ1) is 15.1. The Balaban J connectivity index is 1.86. The number of rotatable bonds is 5. The molecule has 1 nitrogen and oxygen atoms in total. The molecule has 2 aromatic carbocycles. The van der Waals surface area contributed by atoms with Crippen LogP contribution in [0.1, 0.15) is 24.0 Å². The molecule has 21 heavy (non-hydrogen) atoms. The molecule has 1 saturated carbocycles. The van der Waals surface area contributed by atoms with Crippen LogP contribution < -0.4 is 0 Å². The highest BCUT2D eigenvalue weighted by molar-refractivity contribution is 14.1. The van der Waals surface area contributed by atoms with E-state index in [0.29, 0.717) is 0 Å². The van der Waals surface area contributed by atoms with Crippen molar-refractivity contribution in [2.75, 3.05) is 6.61 Å². The van der Waals surface area contributed by atoms with Crippen molar-refractivity contribution in [2.45, 2.75) is 23.0 Å². The maximum atomic E-state index is 9.31. The molecule has 0 atom stereocenters. The zero-order valence-electron chi connectivity index (χ0n) is 11.6. The fourth-order valence-electron chi connectivity index (χ4n) is 2.21. The molecule has 0 saturated heterocycles. The standard InChI is InChI=1S/C18H17IOS/c19-15-5-1-13(2-6-15)18(11-12-20)14-3-7-16(8-4-14)21-17-9-10-17/h1-8,11,17,20H,9-10,12H2. The van der Waals surface area contributed by atoms with E-state index in [-0.39, 0.29) is 6.61 Å². The third-order valence-electron chi connectivity index (χ3n) is 3.44. The van der Waals surface area contributed by atoms with Gasteiger partial charge in [0.25, 0.3) is 0 Å². The molecule has 0 unspecified atom stereocenters. The Morgan fingerprint density at radius 1 is 1.05 bits per heavy atom. The summed E-state index contributed by atoms with van der Waals surface area (Å²) in [5.74, 6) is 0. The van der Waals surface area contributed by atoms with Gasteiger partial charge in [-0.05, 0) is 76.4 Å². The summed E-state index contributed by atoms with van der Waals surface area (Å²) in [7, 11) is 0. The maximum Gasteiger partial charge on any atom is 0.0621 e. The lowest BCUT2D eigenvalue weighted by atomic mass is 9.98. The van der Waals surface area contributed by atoms with E-state index in [2.05, 4.69) is 71.1 Å². The van der Waals surface area contributed by atoms with E-state index in [9.17, 15) is 5.11 Å². The van der Waals surface area contributed by atoms with Gasteiger partial charge in [-0.1, -0.05) is 30.3 Å². The Labute approximate surface area is 143 Å². The van der Waals surface area contributed by atoms with Gasteiger partial charge in [-0.3, -0.25) is 0 Å². The number of benzene rings is 2. The minimum absolute atomic E-state index is 0.0555. The van der Waals surface area contributed by atoms with E-state index in [1.807, 2.05) is 17.8 Å². The second kappa shape index (κ2) is 6.99. The molecule has 2 aromatic rings. The molecular formula is C18H17IOS. The van der Waals surface area contributed by atoms with Crippen LogP contribution in [0.2, 0.25) is 0 Å². The van der Waals surface area contributed by atoms with Crippen molar-refractivity contribution >= 4 is 39.9 Å². The number of thioether (sulfide) groups is 1. The average molecular weight is 408 g/mol. The summed E-state index contributed by atoms with van der Waals surface area (Å²) in [6.45, 7) is 0.0555. The van der Waals surface area contributed by atoms with E-state index in [1.165, 1.54) is 21.3 Å². The van der Waals surface area contributed by atoms with Crippen molar-refractivity contribution in [3.63, 3.8) is 0 Å². The summed E-state index contributed by atoms with van der Waals surface area (Å²) in [6, 6.07) is 17.1. The molecule has 3 rings (SSSR count). The van der Waals surface area contributed by atoms with Gasteiger partial charge in [0.1, 0.15) is 0 Å². The van der Waals surface area contributed by atoms with Crippen molar-refractivity contribution < 1.29 is 5.11 Å². The maximum absolute atomic E-state index is 9.31. The van der Waals surface area contributed by atoms with Crippen LogP contribution in [0.15, 0.2) is 59.5 Å². The molecule has 1 aliphatic carbocycles. The van der Waals surface area contributed by atoms with Gasteiger partial charge in [-0.15, -0.1) is 11.8 Å². The highest BCUT2D eigenvalue weighted by atomic mass is 127. The Morgan fingerprint density at radius 3 is 2.14 bits per heavy atom. The molecule has 1 N–H and O–H groups in total. The minimum atomic E-state index is 0.0555. The summed E-state index contributed by atoms with van der Waals surface area (Å²) >= 11 is 4.28. The lowest BCUT2D eigenvalue weighted by molar-refractivity contribution is 0.343. The second-order valence-electron chi connectivity index (χ2n) is 5.15. The third kappa shape index (κ3) is 4.11. The fourth-order valence-corrected chi connectivity index (χ4v) is 3.62. The van der Waals surface area contributed by atoms with E-state index >= 15 is 0 Å². The number of aliphatic hydroxyl groups is 1. The third-order valence-corrected chi connectivity index (χ3v) is 5.51. The van der Waals surface area contributed by atoms with E-state index in [0.717, 1.165) is 21.9 Å². The summed E-state index contributed by atoms with van der Waals surface area (Å²) in [5.41, 5.74) is 3.40. The molecule has 0 bridgehead atoms. The predicted octanol–water partition coefficient (Wildman–Crippen LogP) is 4.97. The van der Waals surface area contributed by atoms with Gasteiger partial charge in [-0.2, -0.15) is 0 Å².